The molecule has 9 nitrogen and oxygen atoms in total. The van der Waals surface area contributed by atoms with E-state index in [-0.39, 0.29) is 18.0 Å². The highest BCUT2D eigenvalue weighted by Gasteiger charge is 2.22. The second kappa shape index (κ2) is 8.30. The summed E-state index contributed by atoms with van der Waals surface area (Å²) >= 11 is 0. The molecule has 0 aliphatic carbocycles. The molecular weight excluding hydrogens is 364 g/mol. The Balaban J connectivity index is 1.79. The molecule has 0 aliphatic rings. The minimum atomic E-state index is -0.417. The molecule has 0 atom stereocenters. The standard InChI is InChI=1S/C19H20N4O5/c1-25-13-6-4-11(8-14(13)26-2)9-22-19(24)16-17(23-28-18(16)20)12-5-7-15(27-3)21-10-12/h4-8,10H,9,20H2,1-3H3,(H,22,24). The maximum absolute atomic E-state index is 12.7. The van der Waals surface area contributed by atoms with Crippen molar-refractivity contribution >= 4 is 11.8 Å². The quantitative estimate of drug-likeness (QED) is 0.636. The highest BCUT2D eigenvalue weighted by Crippen LogP contribution is 2.29. The zero-order valence-corrected chi connectivity index (χ0v) is 15.7. The van der Waals surface area contributed by atoms with Crippen LogP contribution in [0.4, 0.5) is 5.88 Å². The summed E-state index contributed by atoms with van der Waals surface area (Å²) in [6, 6.07) is 8.75. The van der Waals surface area contributed by atoms with Gasteiger partial charge in [-0.05, 0) is 23.8 Å². The molecule has 2 aromatic heterocycles. The topological polar surface area (TPSA) is 122 Å². The van der Waals surface area contributed by atoms with Crippen molar-refractivity contribution < 1.29 is 23.5 Å². The van der Waals surface area contributed by atoms with Gasteiger partial charge in [-0.3, -0.25) is 4.79 Å². The van der Waals surface area contributed by atoms with Crippen LogP contribution in [0, 0.1) is 0 Å². The van der Waals surface area contributed by atoms with Gasteiger partial charge in [-0.1, -0.05) is 11.2 Å². The number of hydrogen-bond acceptors (Lipinski definition) is 8. The fraction of sp³-hybridized carbons (Fsp3) is 0.211. The first-order chi connectivity index (χ1) is 13.6. The Morgan fingerprint density at radius 2 is 1.89 bits per heavy atom. The molecule has 9 heteroatoms. The fourth-order valence-corrected chi connectivity index (χ4v) is 2.62. The van der Waals surface area contributed by atoms with E-state index in [0.717, 1.165) is 5.56 Å². The van der Waals surface area contributed by atoms with Crippen LogP contribution in [0.1, 0.15) is 15.9 Å². The Hall–Kier alpha value is -3.75. The van der Waals surface area contributed by atoms with Crippen LogP contribution in [0.3, 0.4) is 0 Å². The van der Waals surface area contributed by atoms with Crippen molar-refractivity contribution in [2.24, 2.45) is 0 Å². The van der Waals surface area contributed by atoms with E-state index in [0.29, 0.717) is 28.6 Å². The molecule has 0 saturated carbocycles. The Morgan fingerprint density at radius 3 is 2.54 bits per heavy atom. The molecule has 3 rings (SSSR count). The molecule has 0 saturated heterocycles. The number of aromatic nitrogens is 2. The van der Waals surface area contributed by atoms with E-state index in [4.69, 9.17) is 24.5 Å². The van der Waals surface area contributed by atoms with Gasteiger partial charge in [-0.2, -0.15) is 0 Å². The minimum Gasteiger partial charge on any atom is -0.493 e. The predicted molar refractivity (Wildman–Crippen MR) is 101 cm³/mol. The highest BCUT2D eigenvalue weighted by atomic mass is 16.5. The zero-order valence-electron chi connectivity index (χ0n) is 15.7. The molecule has 2 heterocycles. The largest absolute Gasteiger partial charge is 0.493 e. The van der Waals surface area contributed by atoms with Crippen LogP contribution < -0.4 is 25.3 Å². The van der Waals surface area contributed by atoms with Crippen molar-refractivity contribution in [2.75, 3.05) is 27.1 Å². The number of pyridine rings is 1. The average molecular weight is 384 g/mol. The van der Waals surface area contributed by atoms with Gasteiger partial charge < -0.3 is 29.8 Å². The van der Waals surface area contributed by atoms with Crippen molar-refractivity contribution in [1.82, 2.24) is 15.5 Å². The molecular formula is C19H20N4O5. The zero-order chi connectivity index (χ0) is 20.1. The lowest BCUT2D eigenvalue weighted by molar-refractivity contribution is 0.0952. The molecule has 3 N–H and O–H groups in total. The number of anilines is 1. The van der Waals surface area contributed by atoms with E-state index in [9.17, 15) is 4.79 Å². The number of hydrogen-bond donors (Lipinski definition) is 2. The predicted octanol–water partition coefficient (Wildman–Crippen LogP) is 2.27. The Labute approximate surface area is 161 Å². The number of methoxy groups -OCH3 is 3. The highest BCUT2D eigenvalue weighted by molar-refractivity contribution is 6.03. The summed E-state index contributed by atoms with van der Waals surface area (Å²) in [7, 11) is 4.62. The number of carbonyl (C=O) groups is 1. The summed E-state index contributed by atoms with van der Waals surface area (Å²) in [4.78, 5) is 16.8. The number of nitrogens with zero attached hydrogens (tertiary/aromatic N) is 2. The fourth-order valence-electron chi connectivity index (χ4n) is 2.62. The maximum Gasteiger partial charge on any atom is 0.259 e. The molecule has 0 bridgehead atoms. The van der Waals surface area contributed by atoms with E-state index in [1.807, 2.05) is 6.07 Å². The van der Waals surface area contributed by atoms with E-state index in [1.165, 1.54) is 13.3 Å². The molecule has 28 heavy (non-hydrogen) atoms. The first-order valence-electron chi connectivity index (χ1n) is 8.32. The molecule has 0 spiro atoms. The molecule has 0 radical (unpaired) electrons. The van der Waals surface area contributed by atoms with Gasteiger partial charge in [-0.25, -0.2) is 4.98 Å². The first kappa shape index (κ1) is 19.0. The van der Waals surface area contributed by atoms with Gasteiger partial charge >= 0.3 is 0 Å². The average Bonchev–Trinajstić information content (AvgIpc) is 3.13. The molecule has 1 aromatic carbocycles. The van der Waals surface area contributed by atoms with E-state index in [2.05, 4.69) is 15.5 Å². The van der Waals surface area contributed by atoms with Crippen LogP contribution in [-0.2, 0) is 6.54 Å². The Kier molecular flexibility index (Phi) is 5.64. The Bertz CT molecular complexity index is 969. The monoisotopic (exact) mass is 384 g/mol. The lowest BCUT2D eigenvalue weighted by Gasteiger charge is -2.10. The van der Waals surface area contributed by atoms with Gasteiger partial charge in [0, 0.05) is 24.4 Å². The molecule has 0 fully saturated rings. The van der Waals surface area contributed by atoms with Crippen molar-refractivity contribution in [3.8, 4) is 28.6 Å². The van der Waals surface area contributed by atoms with Gasteiger partial charge in [0.2, 0.25) is 11.8 Å². The molecule has 0 unspecified atom stereocenters. The molecule has 146 valence electrons. The van der Waals surface area contributed by atoms with Gasteiger partial charge in [0.05, 0.1) is 21.3 Å². The van der Waals surface area contributed by atoms with Crippen molar-refractivity contribution in [1.29, 1.82) is 0 Å². The van der Waals surface area contributed by atoms with Gasteiger partial charge in [0.15, 0.2) is 11.5 Å². The number of carbonyl (C=O) groups excluding carboxylic acids is 1. The van der Waals surface area contributed by atoms with E-state index in [1.54, 1.807) is 38.5 Å². The number of rotatable bonds is 7. The van der Waals surface area contributed by atoms with Crippen LogP contribution in [0.25, 0.3) is 11.3 Å². The smallest absolute Gasteiger partial charge is 0.259 e. The third kappa shape index (κ3) is 3.83. The third-order valence-electron chi connectivity index (χ3n) is 4.07. The van der Waals surface area contributed by atoms with Crippen LogP contribution in [0.5, 0.6) is 17.4 Å². The second-order valence-electron chi connectivity index (χ2n) is 5.73. The van der Waals surface area contributed by atoms with E-state index < -0.39 is 5.91 Å². The maximum atomic E-state index is 12.7. The minimum absolute atomic E-state index is 0.0735. The Morgan fingerprint density at radius 1 is 1.11 bits per heavy atom. The van der Waals surface area contributed by atoms with Gasteiger partial charge in [-0.15, -0.1) is 0 Å². The SMILES string of the molecule is COc1ccc(-c2noc(N)c2C(=O)NCc2ccc(OC)c(OC)c2)cn1. The van der Waals surface area contributed by atoms with Crippen LogP contribution in [0.2, 0.25) is 0 Å². The van der Waals surface area contributed by atoms with Crippen molar-refractivity contribution in [2.45, 2.75) is 6.54 Å². The number of amides is 1. The lowest BCUT2D eigenvalue weighted by atomic mass is 10.1. The number of nitrogen functional groups attached to an aromatic ring is 1. The number of benzene rings is 1. The van der Waals surface area contributed by atoms with Gasteiger partial charge in [0.1, 0.15) is 11.3 Å². The van der Waals surface area contributed by atoms with Gasteiger partial charge in [0.25, 0.3) is 5.91 Å². The molecule has 0 aliphatic heterocycles. The molecule has 1 amide bonds. The van der Waals surface area contributed by atoms with Crippen LogP contribution in [-0.4, -0.2) is 37.4 Å². The lowest BCUT2D eigenvalue weighted by Crippen LogP contribution is -2.23. The molecule has 3 aromatic rings. The number of ether oxygens (including phenoxy) is 3. The van der Waals surface area contributed by atoms with Crippen molar-refractivity contribution in [3.05, 3.63) is 47.7 Å². The normalized spacial score (nSPS) is 10.4. The van der Waals surface area contributed by atoms with Crippen LogP contribution >= 0.6 is 0 Å². The van der Waals surface area contributed by atoms with Crippen molar-refractivity contribution in [3.63, 3.8) is 0 Å². The summed E-state index contributed by atoms with van der Waals surface area (Å²) in [5.74, 6) is 1.13. The summed E-state index contributed by atoms with van der Waals surface area (Å²) < 4.78 is 20.5. The summed E-state index contributed by atoms with van der Waals surface area (Å²) in [5.41, 5.74) is 7.67. The van der Waals surface area contributed by atoms with E-state index >= 15 is 0 Å². The summed E-state index contributed by atoms with van der Waals surface area (Å²) in [5, 5.41) is 6.69. The summed E-state index contributed by atoms with van der Waals surface area (Å²) in [6.45, 7) is 0.254. The third-order valence-corrected chi connectivity index (χ3v) is 4.07. The number of nitrogens with two attached hydrogens (primary N) is 1. The first-order valence-corrected chi connectivity index (χ1v) is 8.32. The second-order valence-corrected chi connectivity index (χ2v) is 5.73. The van der Waals surface area contributed by atoms with Crippen LogP contribution in [0.15, 0.2) is 41.1 Å². The summed E-state index contributed by atoms with van der Waals surface area (Å²) in [6.07, 6.45) is 1.53. The number of nitrogens with one attached hydrogen (secondary N) is 1.